The molecule has 1 rings (SSSR count). The van der Waals surface area contributed by atoms with Crippen molar-refractivity contribution in [2.75, 3.05) is 0 Å². The Morgan fingerprint density at radius 1 is 1.19 bits per heavy atom. The van der Waals surface area contributed by atoms with Gasteiger partial charge in [0.1, 0.15) is 0 Å². The molecular formula is C9H9NO6. The van der Waals surface area contributed by atoms with Gasteiger partial charge in [-0.1, -0.05) is 0 Å². The van der Waals surface area contributed by atoms with Crippen molar-refractivity contribution in [1.82, 2.24) is 0 Å². The first-order valence-corrected chi connectivity index (χ1v) is 4.21. The normalized spacial score (nSPS) is 10.1. The number of nitro groups is 1. The number of carboxylic acids is 1. The third kappa shape index (κ3) is 1.52. The summed E-state index contributed by atoms with van der Waals surface area (Å²) in [6.07, 6.45) is 0. The highest BCUT2D eigenvalue weighted by atomic mass is 16.6. The van der Waals surface area contributed by atoms with E-state index >= 15 is 0 Å². The molecule has 7 nitrogen and oxygen atoms in total. The van der Waals surface area contributed by atoms with Crippen LogP contribution in [0, 0.1) is 24.0 Å². The van der Waals surface area contributed by atoms with E-state index in [0.717, 1.165) is 0 Å². The summed E-state index contributed by atoms with van der Waals surface area (Å²) in [5.74, 6) is -3.30. The topological polar surface area (TPSA) is 121 Å². The molecule has 0 bridgehead atoms. The minimum Gasteiger partial charge on any atom is -0.504 e. The summed E-state index contributed by atoms with van der Waals surface area (Å²) in [5, 5.41) is 38.2. The molecule has 0 fully saturated rings. The van der Waals surface area contributed by atoms with Crippen molar-refractivity contribution >= 4 is 11.7 Å². The molecule has 0 aliphatic rings. The highest BCUT2D eigenvalue weighted by molar-refractivity contribution is 5.97. The van der Waals surface area contributed by atoms with Crippen LogP contribution < -0.4 is 0 Å². The van der Waals surface area contributed by atoms with E-state index in [2.05, 4.69) is 0 Å². The highest BCUT2D eigenvalue weighted by Gasteiger charge is 2.31. The van der Waals surface area contributed by atoms with Crippen LogP contribution in [0.4, 0.5) is 5.69 Å². The molecule has 0 amide bonds. The van der Waals surface area contributed by atoms with Crippen LogP contribution in [0.2, 0.25) is 0 Å². The minimum atomic E-state index is -1.66. The Morgan fingerprint density at radius 2 is 1.69 bits per heavy atom. The van der Waals surface area contributed by atoms with E-state index in [0.29, 0.717) is 0 Å². The molecule has 0 unspecified atom stereocenters. The molecule has 0 saturated heterocycles. The fourth-order valence-corrected chi connectivity index (χ4v) is 1.38. The average Bonchev–Trinajstić information content (AvgIpc) is 2.18. The van der Waals surface area contributed by atoms with Gasteiger partial charge in [0.15, 0.2) is 17.1 Å². The summed E-state index contributed by atoms with van der Waals surface area (Å²) in [6.45, 7) is 2.65. The molecule has 1 aromatic rings. The fourth-order valence-electron chi connectivity index (χ4n) is 1.38. The Kier molecular flexibility index (Phi) is 2.71. The molecule has 16 heavy (non-hydrogen) atoms. The van der Waals surface area contributed by atoms with Crippen LogP contribution in [0.5, 0.6) is 11.5 Å². The van der Waals surface area contributed by atoms with Crippen LogP contribution in [-0.4, -0.2) is 26.2 Å². The number of nitrogens with zero attached hydrogens (tertiary/aromatic N) is 1. The van der Waals surface area contributed by atoms with Gasteiger partial charge in [-0.25, -0.2) is 4.79 Å². The van der Waals surface area contributed by atoms with E-state index in [1.54, 1.807) is 0 Å². The Hall–Kier alpha value is -2.31. The van der Waals surface area contributed by atoms with E-state index < -0.39 is 33.6 Å². The van der Waals surface area contributed by atoms with Crippen molar-refractivity contribution in [3.8, 4) is 11.5 Å². The van der Waals surface area contributed by atoms with Gasteiger partial charge in [-0.15, -0.1) is 0 Å². The summed E-state index contributed by atoms with van der Waals surface area (Å²) in [7, 11) is 0. The summed E-state index contributed by atoms with van der Waals surface area (Å²) in [6, 6.07) is 0. The van der Waals surface area contributed by atoms with Crippen molar-refractivity contribution in [1.29, 1.82) is 0 Å². The highest BCUT2D eigenvalue weighted by Crippen LogP contribution is 2.41. The Balaban J connectivity index is 3.83. The van der Waals surface area contributed by atoms with Crippen LogP contribution in [0.1, 0.15) is 21.5 Å². The lowest BCUT2D eigenvalue weighted by Crippen LogP contribution is -2.06. The molecule has 0 heterocycles. The largest absolute Gasteiger partial charge is 0.504 e. The monoisotopic (exact) mass is 227 g/mol. The zero-order chi connectivity index (χ0) is 12.6. The van der Waals surface area contributed by atoms with E-state index in [1.165, 1.54) is 13.8 Å². The third-order valence-electron chi connectivity index (χ3n) is 2.37. The fraction of sp³-hybridized carbons (Fsp3) is 0.222. The molecule has 86 valence electrons. The van der Waals surface area contributed by atoms with Crippen LogP contribution >= 0.6 is 0 Å². The van der Waals surface area contributed by atoms with Gasteiger partial charge in [-0.3, -0.25) is 10.1 Å². The van der Waals surface area contributed by atoms with E-state index in [-0.39, 0.29) is 11.1 Å². The molecule has 0 radical (unpaired) electrons. The van der Waals surface area contributed by atoms with Gasteiger partial charge in [0.25, 0.3) is 5.69 Å². The molecule has 0 spiro atoms. The first-order valence-electron chi connectivity index (χ1n) is 4.21. The van der Waals surface area contributed by atoms with Gasteiger partial charge in [-0.05, 0) is 13.8 Å². The maximum absolute atomic E-state index is 10.8. The van der Waals surface area contributed by atoms with Crippen LogP contribution in [0.3, 0.4) is 0 Å². The predicted octanol–water partition coefficient (Wildman–Crippen LogP) is 1.32. The number of phenolic OH excluding ortho intramolecular Hbond substituents is 1. The number of phenols is 2. The molecular weight excluding hydrogens is 218 g/mol. The summed E-state index contributed by atoms with van der Waals surface area (Å²) < 4.78 is 0. The third-order valence-corrected chi connectivity index (χ3v) is 2.37. The maximum atomic E-state index is 10.8. The zero-order valence-electron chi connectivity index (χ0n) is 8.51. The number of aromatic carboxylic acids is 1. The molecule has 0 saturated carbocycles. The molecule has 0 aliphatic heterocycles. The summed E-state index contributed by atoms with van der Waals surface area (Å²) in [5.41, 5.74) is -1.52. The van der Waals surface area contributed by atoms with Crippen molar-refractivity contribution < 1.29 is 25.0 Å². The lowest BCUT2D eigenvalue weighted by molar-refractivity contribution is -0.385. The van der Waals surface area contributed by atoms with Crippen LogP contribution in [-0.2, 0) is 0 Å². The summed E-state index contributed by atoms with van der Waals surface area (Å²) >= 11 is 0. The van der Waals surface area contributed by atoms with Crippen molar-refractivity contribution in [3.05, 3.63) is 26.8 Å². The second-order valence-electron chi connectivity index (χ2n) is 3.23. The van der Waals surface area contributed by atoms with Gasteiger partial charge < -0.3 is 15.3 Å². The number of benzene rings is 1. The smallest absolute Gasteiger partial charge is 0.346 e. The second kappa shape index (κ2) is 3.69. The van der Waals surface area contributed by atoms with E-state index in [4.69, 9.17) is 5.11 Å². The van der Waals surface area contributed by atoms with Crippen molar-refractivity contribution in [2.45, 2.75) is 13.8 Å². The first-order chi connectivity index (χ1) is 7.29. The Labute approximate surface area is 89.7 Å². The first kappa shape index (κ1) is 11.8. The standard InChI is InChI=1S/C9H9NO6/c1-3-4(2)7(11)8(12)5(9(13)14)6(3)10(15)16/h11-12H,1-2H3,(H,13,14). The second-order valence-corrected chi connectivity index (χ2v) is 3.23. The predicted molar refractivity (Wildman–Crippen MR) is 52.9 cm³/mol. The molecule has 0 aliphatic carbocycles. The van der Waals surface area contributed by atoms with Gasteiger partial charge in [0.2, 0.25) is 0 Å². The van der Waals surface area contributed by atoms with Gasteiger partial charge in [0, 0.05) is 11.1 Å². The number of hydrogen-bond donors (Lipinski definition) is 3. The maximum Gasteiger partial charge on any atom is 0.346 e. The Morgan fingerprint density at radius 3 is 2.06 bits per heavy atom. The molecule has 0 atom stereocenters. The number of carboxylic acid groups (broad SMARTS) is 1. The lowest BCUT2D eigenvalue weighted by Gasteiger charge is -2.09. The average molecular weight is 227 g/mol. The minimum absolute atomic E-state index is 0.0118. The Bertz CT molecular complexity index is 449. The number of carbonyl (C=O) groups is 1. The van der Waals surface area contributed by atoms with Crippen molar-refractivity contribution in [2.24, 2.45) is 0 Å². The van der Waals surface area contributed by atoms with Gasteiger partial charge >= 0.3 is 5.97 Å². The number of rotatable bonds is 2. The molecule has 3 N–H and O–H groups in total. The number of nitro benzene ring substituents is 1. The summed E-state index contributed by atoms with van der Waals surface area (Å²) in [4.78, 5) is 20.6. The SMILES string of the molecule is Cc1c(C)c([N+](=O)[O-])c(C(=O)O)c(O)c1O. The molecule has 1 aromatic carbocycles. The molecule has 0 aromatic heterocycles. The molecule has 7 heteroatoms. The van der Waals surface area contributed by atoms with Crippen LogP contribution in [0.15, 0.2) is 0 Å². The number of aromatic hydroxyl groups is 2. The number of hydrogen-bond acceptors (Lipinski definition) is 5. The zero-order valence-corrected chi connectivity index (χ0v) is 8.51. The van der Waals surface area contributed by atoms with Gasteiger partial charge in [0.05, 0.1) is 4.92 Å². The van der Waals surface area contributed by atoms with Gasteiger partial charge in [-0.2, -0.15) is 0 Å². The lowest BCUT2D eigenvalue weighted by atomic mass is 10.0. The van der Waals surface area contributed by atoms with Crippen LogP contribution in [0.25, 0.3) is 0 Å². The van der Waals surface area contributed by atoms with E-state index in [9.17, 15) is 25.1 Å². The van der Waals surface area contributed by atoms with Crippen molar-refractivity contribution in [3.63, 3.8) is 0 Å². The van der Waals surface area contributed by atoms with E-state index in [1.807, 2.05) is 0 Å². The quantitative estimate of drug-likeness (QED) is 0.398.